The van der Waals surface area contributed by atoms with E-state index in [4.69, 9.17) is 4.74 Å². The number of hydrogen-bond acceptors (Lipinski definition) is 5. The number of likely N-dealkylation sites (tertiary alicyclic amines) is 1. The van der Waals surface area contributed by atoms with Crippen LogP contribution in [0.3, 0.4) is 0 Å². The molecular weight excluding hydrogens is 478 g/mol. The van der Waals surface area contributed by atoms with Crippen LogP contribution in [-0.2, 0) is 11.2 Å². The Hall–Kier alpha value is -3.84. The smallest absolute Gasteiger partial charge is 0.406 e. The number of nitrogens with zero attached hydrogens (tertiary/aromatic N) is 1. The van der Waals surface area contributed by atoms with E-state index in [0.717, 1.165) is 44.5 Å². The van der Waals surface area contributed by atoms with E-state index >= 15 is 0 Å². The number of para-hydroxylation sites is 1. The molecule has 1 aliphatic rings. The average Bonchev–Trinajstić information content (AvgIpc) is 2.97. The Kier molecular flexibility index (Phi) is 10.2. The van der Waals surface area contributed by atoms with Crippen LogP contribution in [0.25, 0.3) is 0 Å². The minimum absolute atomic E-state index is 0.122. The summed E-state index contributed by atoms with van der Waals surface area (Å²) in [6, 6.07) is 27.8. The van der Waals surface area contributed by atoms with Gasteiger partial charge in [0.05, 0.1) is 12.7 Å². The first-order chi connectivity index (χ1) is 18.6. The first-order valence-corrected chi connectivity index (χ1v) is 13.3. The highest BCUT2D eigenvalue weighted by atomic mass is 16.5. The zero-order valence-corrected chi connectivity index (χ0v) is 22.0. The molecule has 0 spiro atoms. The lowest BCUT2D eigenvalue weighted by Gasteiger charge is -2.32. The number of carbonyl (C=O) groups is 2. The van der Waals surface area contributed by atoms with Gasteiger partial charge in [0, 0.05) is 38.6 Å². The van der Waals surface area contributed by atoms with Crippen molar-refractivity contribution >= 4 is 12.0 Å². The van der Waals surface area contributed by atoms with E-state index in [2.05, 4.69) is 44.5 Å². The number of carbonyl (C=O) groups excluding carboxylic acids is 2. The van der Waals surface area contributed by atoms with E-state index in [1.165, 1.54) is 12.7 Å². The number of alkyl carbamates (subject to hydrolysis) is 1. The van der Waals surface area contributed by atoms with Gasteiger partial charge in [-0.15, -0.1) is 0 Å². The molecule has 1 aliphatic heterocycles. The lowest BCUT2D eigenvalue weighted by atomic mass is 10.0. The van der Waals surface area contributed by atoms with Gasteiger partial charge in [-0.1, -0.05) is 72.8 Å². The lowest BCUT2D eigenvalue weighted by molar-refractivity contribution is 0.0903. The monoisotopic (exact) mass is 515 g/mol. The van der Waals surface area contributed by atoms with Crippen molar-refractivity contribution in [3.05, 3.63) is 102 Å². The molecule has 38 heavy (non-hydrogen) atoms. The zero-order chi connectivity index (χ0) is 26.6. The number of benzene rings is 3. The van der Waals surface area contributed by atoms with Crippen LogP contribution >= 0.6 is 0 Å². The van der Waals surface area contributed by atoms with Gasteiger partial charge >= 0.3 is 6.09 Å². The van der Waals surface area contributed by atoms with Gasteiger partial charge < -0.3 is 25.0 Å². The molecule has 0 aromatic heterocycles. The predicted molar refractivity (Wildman–Crippen MR) is 148 cm³/mol. The third-order valence-corrected chi connectivity index (χ3v) is 6.92. The Labute approximate surface area is 225 Å². The molecule has 1 unspecified atom stereocenters. The summed E-state index contributed by atoms with van der Waals surface area (Å²) in [5.74, 6) is 0.403. The Morgan fingerprint density at radius 1 is 0.921 bits per heavy atom. The Bertz CT molecular complexity index is 1150. The third kappa shape index (κ3) is 8.08. The molecule has 1 saturated heterocycles. The van der Waals surface area contributed by atoms with Gasteiger partial charge in [-0.25, -0.2) is 4.79 Å². The van der Waals surface area contributed by atoms with Crippen LogP contribution < -0.4 is 15.4 Å². The lowest BCUT2D eigenvalue weighted by Crippen LogP contribution is -2.45. The molecule has 4 rings (SSSR count). The molecule has 3 aromatic rings. The zero-order valence-electron chi connectivity index (χ0n) is 22.0. The molecule has 7 heteroatoms. The van der Waals surface area contributed by atoms with Crippen molar-refractivity contribution in [3.8, 4) is 5.75 Å². The summed E-state index contributed by atoms with van der Waals surface area (Å²) in [5, 5.41) is 5.94. The molecule has 1 atom stereocenters. The second-order valence-corrected chi connectivity index (χ2v) is 9.55. The highest BCUT2D eigenvalue weighted by molar-refractivity contribution is 5.97. The average molecular weight is 516 g/mol. The van der Waals surface area contributed by atoms with Crippen LogP contribution in [0.1, 0.15) is 46.9 Å². The minimum atomic E-state index is -0.484. The minimum Gasteiger partial charge on any atom is -0.485 e. The number of nitrogens with one attached hydrogen (secondary N) is 2. The summed E-state index contributed by atoms with van der Waals surface area (Å²) in [5.41, 5.74) is 2.84. The summed E-state index contributed by atoms with van der Waals surface area (Å²) in [6.07, 6.45) is 2.60. The molecule has 7 nitrogen and oxygen atoms in total. The first kappa shape index (κ1) is 27.2. The molecule has 0 radical (unpaired) electrons. The first-order valence-electron chi connectivity index (χ1n) is 13.3. The van der Waals surface area contributed by atoms with E-state index in [1.54, 1.807) is 6.07 Å². The van der Waals surface area contributed by atoms with Crippen molar-refractivity contribution in [2.24, 2.45) is 0 Å². The van der Waals surface area contributed by atoms with Gasteiger partial charge in [-0.05, 0) is 42.5 Å². The maximum Gasteiger partial charge on any atom is 0.406 e. The van der Waals surface area contributed by atoms with Crippen molar-refractivity contribution in [3.63, 3.8) is 0 Å². The van der Waals surface area contributed by atoms with Crippen molar-refractivity contribution in [1.29, 1.82) is 0 Å². The van der Waals surface area contributed by atoms with Crippen molar-refractivity contribution in [2.75, 3.05) is 33.3 Å². The van der Waals surface area contributed by atoms with E-state index in [-0.39, 0.29) is 18.1 Å². The Balaban J connectivity index is 1.34. The summed E-state index contributed by atoms with van der Waals surface area (Å²) in [7, 11) is 1.34. The molecule has 1 fully saturated rings. The normalized spacial score (nSPS) is 14.9. The fourth-order valence-electron chi connectivity index (χ4n) is 4.75. The molecule has 0 saturated carbocycles. The van der Waals surface area contributed by atoms with Crippen molar-refractivity contribution < 1.29 is 19.1 Å². The Morgan fingerprint density at radius 2 is 1.58 bits per heavy atom. The van der Waals surface area contributed by atoms with Gasteiger partial charge in [0.1, 0.15) is 11.9 Å². The number of methoxy groups -OCH3 is 1. The fraction of sp³-hybridized carbons (Fsp3) is 0.355. The molecule has 200 valence electrons. The van der Waals surface area contributed by atoms with E-state index < -0.39 is 6.09 Å². The number of rotatable bonds is 11. The van der Waals surface area contributed by atoms with Gasteiger partial charge in [-0.2, -0.15) is 0 Å². The maximum atomic E-state index is 13.3. The van der Waals surface area contributed by atoms with E-state index in [1.807, 2.05) is 54.6 Å². The maximum absolute atomic E-state index is 13.3. The summed E-state index contributed by atoms with van der Waals surface area (Å²) in [4.78, 5) is 27.3. The van der Waals surface area contributed by atoms with Crippen LogP contribution in [-0.4, -0.2) is 56.2 Å². The topological polar surface area (TPSA) is 79.9 Å². The molecule has 2 N–H and O–H groups in total. The van der Waals surface area contributed by atoms with Crippen LogP contribution in [0.15, 0.2) is 84.9 Å². The molecule has 0 bridgehead atoms. The molecule has 1 heterocycles. The standard InChI is InChI=1S/C31H37N3O4/c1-37-31(36)32-20-16-28(25-12-6-3-7-13-25)38-29-15-9-8-14-27(29)30(35)33-26-18-22-34(23-19-26)21-17-24-10-4-2-5-11-24/h2-15,26,28H,16-23H2,1H3,(H,32,36)(H,33,35). The number of amides is 2. The summed E-state index contributed by atoms with van der Waals surface area (Å²) in [6.45, 7) is 3.36. The van der Waals surface area contributed by atoms with Crippen molar-refractivity contribution in [2.45, 2.75) is 37.8 Å². The molecule has 3 aromatic carbocycles. The van der Waals surface area contributed by atoms with Crippen LogP contribution in [0, 0.1) is 0 Å². The van der Waals surface area contributed by atoms with Crippen molar-refractivity contribution in [1.82, 2.24) is 15.5 Å². The highest BCUT2D eigenvalue weighted by Crippen LogP contribution is 2.28. The van der Waals surface area contributed by atoms with E-state index in [9.17, 15) is 9.59 Å². The SMILES string of the molecule is COC(=O)NCCC(Oc1ccccc1C(=O)NC1CCN(CCc2ccccc2)CC1)c1ccccc1. The number of hydrogen-bond donors (Lipinski definition) is 2. The fourth-order valence-corrected chi connectivity index (χ4v) is 4.75. The second-order valence-electron chi connectivity index (χ2n) is 9.55. The number of piperidine rings is 1. The summed E-state index contributed by atoms with van der Waals surface area (Å²) < 4.78 is 11.1. The largest absolute Gasteiger partial charge is 0.485 e. The molecular formula is C31H37N3O4. The summed E-state index contributed by atoms with van der Waals surface area (Å²) >= 11 is 0. The Morgan fingerprint density at radius 3 is 2.29 bits per heavy atom. The van der Waals surface area contributed by atoms with Gasteiger partial charge in [0.15, 0.2) is 0 Å². The van der Waals surface area contributed by atoms with Crippen LogP contribution in [0.4, 0.5) is 4.79 Å². The van der Waals surface area contributed by atoms with E-state index in [0.29, 0.717) is 24.3 Å². The van der Waals surface area contributed by atoms with Gasteiger partial charge in [-0.3, -0.25) is 4.79 Å². The predicted octanol–water partition coefficient (Wildman–Crippen LogP) is 4.99. The van der Waals surface area contributed by atoms with Crippen LogP contribution in [0.2, 0.25) is 0 Å². The molecule has 0 aliphatic carbocycles. The quantitative estimate of drug-likeness (QED) is 0.376. The second kappa shape index (κ2) is 14.2. The van der Waals surface area contributed by atoms with Gasteiger partial charge in [0.25, 0.3) is 5.91 Å². The molecule has 2 amide bonds. The van der Waals surface area contributed by atoms with Gasteiger partial charge in [0.2, 0.25) is 0 Å². The highest BCUT2D eigenvalue weighted by Gasteiger charge is 2.23. The van der Waals surface area contributed by atoms with Crippen LogP contribution in [0.5, 0.6) is 5.75 Å². The number of ether oxygens (including phenoxy) is 2. The third-order valence-electron chi connectivity index (χ3n) is 6.92.